The lowest BCUT2D eigenvalue weighted by molar-refractivity contribution is -0.142. The number of para-hydroxylation sites is 1. The second kappa shape index (κ2) is 12.5. The predicted molar refractivity (Wildman–Crippen MR) is 104 cm³/mol. The topological polar surface area (TPSA) is 66.5 Å². The molecule has 0 N–H and O–H groups in total. The number of carbonyl (C=O) groups excluding carboxylic acids is 1. The van der Waals surface area contributed by atoms with Gasteiger partial charge in [0, 0.05) is 27.3 Å². The maximum atomic E-state index is 13.1. The second-order valence-electron chi connectivity index (χ2n) is 6.58. The molecule has 0 spiro atoms. The lowest BCUT2D eigenvalue weighted by atomic mass is 10.0. The van der Waals surface area contributed by atoms with Gasteiger partial charge in [-0.05, 0) is 24.5 Å². The number of benzene rings is 1. The minimum atomic E-state index is -0.426. The third-order valence-corrected chi connectivity index (χ3v) is 4.16. The fraction of sp³-hybridized carbons (Fsp3) is 0.650. The zero-order valence-corrected chi connectivity index (χ0v) is 17.3. The lowest BCUT2D eigenvalue weighted by Gasteiger charge is -2.31. The number of hydrogen-bond acceptors (Lipinski definition) is 7. The van der Waals surface area contributed by atoms with Gasteiger partial charge in [0.15, 0.2) is 11.5 Å². The van der Waals surface area contributed by atoms with Gasteiger partial charge in [0.25, 0.3) is 0 Å². The molecule has 1 rings (SSSR count). The normalized spacial score (nSPS) is 12.3. The molecule has 0 heterocycles. The Labute approximate surface area is 162 Å². The van der Waals surface area contributed by atoms with E-state index in [1.807, 2.05) is 4.90 Å². The van der Waals surface area contributed by atoms with Crippen LogP contribution in [0.25, 0.3) is 0 Å². The molecule has 0 saturated carbocycles. The number of esters is 1. The van der Waals surface area contributed by atoms with Crippen LogP contribution in [0.2, 0.25) is 0 Å². The third kappa shape index (κ3) is 7.36. The van der Waals surface area contributed by atoms with Gasteiger partial charge in [-0.2, -0.15) is 0 Å². The molecule has 0 aliphatic heterocycles. The Kier molecular flexibility index (Phi) is 10.8. The largest absolute Gasteiger partial charge is 0.493 e. The number of methoxy groups -OCH3 is 4. The summed E-state index contributed by atoms with van der Waals surface area (Å²) in [5, 5.41) is 0. The zero-order chi connectivity index (χ0) is 20.2. The Morgan fingerprint density at radius 3 is 1.89 bits per heavy atom. The molecular weight excluding hydrogens is 350 g/mol. The van der Waals surface area contributed by atoms with Gasteiger partial charge in [-0.1, -0.05) is 19.9 Å². The van der Waals surface area contributed by atoms with Crippen LogP contribution in [0.4, 0.5) is 0 Å². The van der Waals surface area contributed by atoms with Crippen LogP contribution in [-0.4, -0.2) is 71.7 Å². The molecule has 7 nitrogen and oxygen atoms in total. The lowest BCUT2D eigenvalue weighted by Crippen LogP contribution is -2.47. The Hall–Kier alpha value is -1.83. The molecule has 1 atom stereocenters. The molecule has 0 fully saturated rings. The quantitative estimate of drug-likeness (QED) is 0.383. The van der Waals surface area contributed by atoms with Crippen LogP contribution in [0.5, 0.6) is 17.2 Å². The van der Waals surface area contributed by atoms with Crippen molar-refractivity contribution in [2.75, 3.05) is 54.7 Å². The fourth-order valence-corrected chi connectivity index (χ4v) is 2.77. The molecule has 1 aromatic carbocycles. The first kappa shape index (κ1) is 23.2. The van der Waals surface area contributed by atoms with Crippen LogP contribution in [0, 0.1) is 5.92 Å². The number of nitrogens with zero attached hydrogens (tertiary/aromatic N) is 1. The predicted octanol–water partition coefficient (Wildman–Crippen LogP) is 2.62. The van der Waals surface area contributed by atoms with Crippen molar-refractivity contribution in [2.45, 2.75) is 26.3 Å². The molecule has 0 aromatic heterocycles. The summed E-state index contributed by atoms with van der Waals surface area (Å²) in [4.78, 5) is 15.1. The van der Waals surface area contributed by atoms with Gasteiger partial charge < -0.3 is 23.7 Å². The van der Waals surface area contributed by atoms with Crippen LogP contribution in [0.3, 0.4) is 0 Å². The first-order valence-corrected chi connectivity index (χ1v) is 9.13. The molecule has 0 aliphatic carbocycles. The van der Waals surface area contributed by atoms with Crippen LogP contribution in [-0.2, 0) is 14.3 Å². The second-order valence-corrected chi connectivity index (χ2v) is 6.58. The SMILES string of the molecule is COCCN(CCOC)C(CC(C)C)C(=O)Oc1c(OC)cccc1OC. The van der Waals surface area contributed by atoms with Gasteiger partial charge >= 0.3 is 5.97 Å². The number of carbonyl (C=O) groups is 1. The van der Waals surface area contributed by atoms with E-state index in [9.17, 15) is 4.79 Å². The summed E-state index contributed by atoms with van der Waals surface area (Å²) in [5.41, 5.74) is 0. The van der Waals surface area contributed by atoms with Crippen molar-refractivity contribution in [3.63, 3.8) is 0 Å². The minimum Gasteiger partial charge on any atom is -0.493 e. The van der Waals surface area contributed by atoms with E-state index in [1.165, 1.54) is 14.2 Å². The van der Waals surface area contributed by atoms with Gasteiger partial charge in [-0.15, -0.1) is 0 Å². The first-order chi connectivity index (χ1) is 13.0. The van der Waals surface area contributed by atoms with E-state index < -0.39 is 6.04 Å². The Bertz CT molecular complexity index is 533. The van der Waals surface area contributed by atoms with Gasteiger partial charge in [0.1, 0.15) is 6.04 Å². The molecule has 154 valence electrons. The summed E-state index contributed by atoms with van der Waals surface area (Å²) in [6, 6.07) is 4.82. The van der Waals surface area contributed by atoms with Crippen molar-refractivity contribution in [1.82, 2.24) is 4.90 Å². The molecule has 0 bridgehead atoms. The highest BCUT2D eigenvalue weighted by Crippen LogP contribution is 2.37. The highest BCUT2D eigenvalue weighted by molar-refractivity contribution is 5.80. The summed E-state index contributed by atoms with van der Waals surface area (Å²) in [7, 11) is 6.34. The summed E-state index contributed by atoms with van der Waals surface area (Å²) in [6.07, 6.45) is 0.656. The highest BCUT2D eigenvalue weighted by Gasteiger charge is 2.30. The summed E-state index contributed by atoms with van der Waals surface area (Å²) >= 11 is 0. The Morgan fingerprint density at radius 1 is 0.963 bits per heavy atom. The maximum absolute atomic E-state index is 13.1. The van der Waals surface area contributed by atoms with Crippen molar-refractivity contribution in [3.8, 4) is 17.2 Å². The molecule has 0 aliphatic rings. The average molecular weight is 383 g/mol. The van der Waals surface area contributed by atoms with Crippen molar-refractivity contribution < 1.29 is 28.5 Å². The number of ether oxygens (including phenoxy) is 5. The molecule has 1 aromatic rings. The number of hydrogen-bond donors (Lipinski definition) is 0. The van der Waals surface area contributed by atoms with E-state index in [2.05, 4.69) is 13.8 Å². The molecule has 0 radical (unpaired) electrons. The fourth-order valence-electron chi connectivity index (χ4n) is 2.77. The molecule has 7 heteroatoms. The van der Waals surface area contributed by atoms with Crippen LogP contribution in [0.1, 0.15) is 20.3 Å². The number of rotatable bonds is 13. The minimum absolute atomic E-state index is 0.291. The summed E-state index contributed by atoms with van der Waals surface area (Å²) in [5.74, 6) is 1.16. The smallest absolute Gasteiger partial charge is 0.329 e. The van der Waals surface area contributed by atoms with Crippen LogP contribution in [0.15, 0.2) is 18.2 Å². The third-order valence-electron chi connectivity index (χ3n) is 4.16. The van der Waals surface area contributed by atoms with Crippen LogP contribution >= 0.6 is 0 Å². The highest BCUT2D eigenvalue weighted by atomic mass is 16.6. The van der Waals surface area contributed by atoms with Gasteiger partial charge in [0.05, 0.1) is 27.4 Å². The van der Waals surface area contributed by atoms with E-state index >= 15 is 0 Å². The van der Waals surface area contributed by atoms with E-state index in [0.29, 0.717) is 55.9 Å². The molecule has 27 heavy (non-hydrogen) atoms. The van der Waals surface area contributed by atoms with Gasteiger partial charge in [-0.3, -0.25) is 4.90 Å². The van der Waals surface area contributed by atoms with E-state index in [1.54, 1.807) is 32.4 Å². The standard InChI is InChI=1S/C20H33NO6/c1-15(2)14-16(21(10-12-23-3)11-13-24-4)20(22)27-19-17(25-5)8-7-9-18(19)26-6/h7-9,15-16H,10-14H2,1-6H3. The average Bonchev–Trinajstić information content (AvgIpc) is 2.66. The maximum Gasteiger partial charge on any atom is 0.329 e. The van der Waals surface area contributed by atoms with Gasteiger partial charge in [-0.25, -0.2) is 4.79 Å². The molecule has 0 saturated heterocycles. The Morgan fingerprint density at radius 2 is 1.48 bits per heavy atom. The zero-order valence-electron chi connectivity index (χ0n) is 17.3. The van der Waals surface area contributed by atoms with E-state index in [-0.39, 0.29) is 5.97 Å². The van der Waals surface area contributed by atoms with Gasteiger partial charge in [0.2, 0.25) is 5.75 Å². The Balaban J connectivity index is 3.09. The van der Waals surface area contributed by atoms with E-state index in [0.717, 1.165) is 0 Å². The molecular formula is C20H33NO6. The van der Waals surface area contributed by atoms with Crippen LogP contribution < -0.4 is 14.2 Å². The van der Waals surface area contributed by atoms with Crippen molar-refractivity contribution >= 4 is 5.97 Å². The first-order valence-electron chi connectivity index (χ1n) is 9.13. The summed E-state index contributed by atoms with van der Waals surface area (Å²) in [6.45, 7) is 6.40. The van der Waals surface area contributed by atoms with Crippen molar-refractivity contribution in [1.29, 1.82) is 0 Å². The monoisotopic (exact) mass is 383 g/mol. The van der Waals surface area contributed by atoms with Crippen molar-refractivity contribution in [3.05, 3.63) is 18.2 Å². The molecule has 0 amide bonds. The summed E-state index contributed by atoms with van der Waals surface area (Å²) < 4.78 is 26.8. The molecule has 1 unspecified atom stereocenters. The van der Waals surface area contributed by atoms with Crippen molar-refractivity contribution in [2.24, 2.45) is 5.92 Å². The van der Waals surface area contributed by atoms with E-state index in [4.69, 9.17) is 23.7 Å².